The molecule has 0 spiro atoms. The van der Waals surface area contributed by atoms with Crippen LogP contribution in [-0.4, -0.2) is 18.1 Å². The van der Waals surface area contributed by atoms with Crippen molar-refractivity contribution in [3.05, 3.63) is 40.0 Å². The van der Waals surface area contributed by atoms with E-state index in [9.17, 15) is 4.79 Å². The molecule has 0 aliphatic carbocycles. The van der Waals surface area contributed by atoms with Crippen molar-refractivity contribution < 1.29 is 9.53 Å². The zero-order valence-electron chi connectivity index (χ0n) is 9.36. The summed E-state index contributed by atoms with van der Waals surface area (Å²) < 4.78 is 4.71. The fourth-order valence-electron chi connectivity index (χ4n) is 1.49. The number of rotatable bonds is 2. The molecule has 1 heterocycles. The number of carbonyl (C=O) groups is 1. The van der Waals surface area contributed by atoms with Gasteiger partial charge in [0.1, 0.15) is 0 Å². The predicted molar refractivity (Wildman–Crippen MR) is 68.6 cm³/mol. The fraction of sp³-hybridized carbons (Fsp3) is 0.167. The summed E-state index contributed by atoms with van der Waals surface area (Å²) in [7, 11) is 1.35. The van der Waals surface area contributed by atoms with Crippen molar-refractivity contribution in [1.82, 2.24) is 4.98 Å². The second kappa shape index (κ2) is 4.85. The summed E-state index contributed by atoms with van der Waals surface area (Å²) in [6.45, 7) is 1.85. The molecule has 0 unspecified atom stereocenters. The van der Waals surface area contributed by atoms with Gasteiger partial charge in [0.05, 0.1) is 17.0 Å². The lowest BCUT2D eigenvalue weighted by Gasteiger charge is -2.01. The van der Waals surface area contributed by atoms with Crippen LogP contribution in [0.5, 0.6) is 0 Å². The lowest BCUT2D eigenvalue weighted by molar-refractivity contribution is 0.0595. The third kappa shape index (κ3) is 2.48. The first-order valence-electron chi connectivity index (χ1n) is 4.93. The molecule has 2 rings (SSSR count). The molecule has 0 aliphatic heterocycles. The van der Waals surface area contributed by atoms with E-state index in [0.29, 0.717) is 10.7 Å². The molecule has 2 aromatic rings. The molecule has 0 N–H and O–H groups in total. The molecule has 0 aliphatic rings. The van der Waals surface area contributed by atoms with Gasteiger partial charge < -0.3 is 4.74 Å². The lowest BCUT2D eigenvalue weighted by Crippen LogP contribution is -2.03. The van der Waals surface area contributed by atoms with Crippen LogP contribution in [0, 0.1) is 6.92 Å². The molecule has 5 heteroatoms. The summed E-state index contributed by atoms with van der Waals surface area (Å²) >= 11 is 7.38. The molecule has 0 bridgehead atoms. The third-order valence-corrected chi connectivity index (χ3v) is 3.45. The summed E-state index contributed by atoms with van der Waals surface area (Å²) in [5, 5.41) is 1.45. The standard InChI is InChI=1S/C12H10ClNO2S/c1-7-14-10(12(15)16-2)11(17-7)8-4-3-5-9(13)6-8/h3-6H,1-2H3. The van der Waals surface area contributed by atoms with E-state index >= 15 is 0 Å². The van der Waals surface area contributed by atoms with Gasteiger partial charge in [-0.05, 0) is 24.6 Å². The van der Waals surface area contributed by atoms with E-state index in [1.54, 1.807) is 12.1 Å². The normalized spacial score (nSPS) is 10.3. The molecule has 0 atom stereocenters. The van der Waals surface area contributed by atoms with Crippen LogP contribution in [0.3, 0.4) is 0 Å². The number of esters is 1. The van der Waals surface area contributed by atoms with Gasteiger partial charge in [0.25, 0.3) is 0 Å². The average Bonchev–Trinajstić information content (AvgIpc) is 2.70. The highest BCUT2D eigenvalue weighted by Crippen LogP contribution is 2.31. The van der Waals surface area contributed by atoms with Crippen molar-refractivity contribution in [3.8, 4) is 10.4 Å². The number of ether oxygens (including phenoxy) is 1. The fourth-order valence-corrected chi connectivity index (χ4v) is 2.58. The maximum atomic E-state index is 11.6. The lowest BCUT2D eigenvalue weighted by atomic mass is 10.1. The third-order valence-electron chi connectivity index (χ3n) is 2.20. The van der Waals surface area contributed by atoms with Crippen molar-refractivity contribution in [2.75, 3.05) is 7.11 Å². The molecule has 0 amide bonds. The average molecular weight is 268 g/mol. The van der Waals surface area contributed by atoms with Gasteiger partial charge in [0.15, 0.2) is 5.69 Å². The molecular formula is C12H10ClNO2S. The highest BCUT2D eigenvalue weighted by molar-refractivity contribution is 7.15. The van der Waals surface area contributed by atoms with Gasteiger partial charge >= 0.3 is 5.97 Å². The van der Waals surface area contributed by atoms with Gasteiger partial charge in [-0.15, -0.1) is 11.3 Å². The highest BCUT2D eigenvalue weighted by Gasteiger charge is 2.18. The SMILES string of the molecule is COC(=O)c1nc(C)sc1-c1cccc(Cl)c1. The first-order valence-corrected chi connectivity index (χ1v) is 6.13. The van der Waals surface area contributed by atoms with Gasteiger partial charge in [-0.2, -0.15) is 0 Å². The topological polar surface area (TPSA) is 39.2 Å². The van der Waals surface area contributed by atoms with Gasteiger partial charge in [0.2, 0.25) is 0 Å². The molecule has 0 radical (unpaired) electrons. The summed E-state index contributed by atoms with van der Waals surface area (Å²) in [5.41, 5.74) is 1.22. The van der Waals surface area contributed by atoms with Crippen LogP contribution in [-0.2, 0) is 4.74 Å². The van der Waals surface area contributed by atoms with Gasteiger partial charge in [-0.1, -0.05) is 23.7 Å². The van der Waals surface area contributed by atoms with E-state index in [2.05, 4.69) is 4.98 Å². The van der Waals surface area contributed by atoms with E-state index in [-0.39, 0.29) is 0 Å². The number of hydrogen-bond donors (Lipinski definition) is 0. The molecule has 88 valence electrons. The van der Waals surface area contributed by atoms with Crippen molar-refractivity contribution in [2.45, 2.75) is 6.92 Å². The van der Waals surface area contributed by atoms with Crippen LogP contribution in [0.4, 0.5) is 0 Å². The van der Waals surface area contributed by atoms with Gasteiger partial charge in [-0.25, -0.2) is 9.78 Å². The molecule has 0 saturated heterocycles. The van der Waals surface area contributed by atoms with E-state index in [4.69, 9.17) is 16.3 Å². The Kier molecular flexibility index (Phi) is 3.45. The second-order valence-corrected chi connectivity index (χ2v) is 5.05. The number of aryl methyl sites for hydroxylation is 1. The molecule has 3 nitrogen and oxygen atoms in total. The maximum Gasteiger partial charge on any atom is 0.358 e. The van der Waals surface area contributed by atoms with Crippen LogP contribution < -0.4 is 0 Å². The number of thiazole rings is 1. The number of hydrogen-bond acceptors (Lipinski definition) is 4. The second-order valence-electron chi connectivity index (χ2n) is 3.41. The van der Waals surface area contributed by atoms with Crippen LogP contribution in [0.1, 0.15) is 15.5 Å². The molecule has 0 saturated carbocycles. The number of nitrogens with zero attached hydrogens (tertiary/aromatic N) is 1. The minimum Gasteiger partial charge on any atom is -0.464 e. The largest absolute Gasteiger partial charge is 0.464 e. The Morgan fingerprint density at radius 1 is 1.47 bits per heavy atom. The maximum absolute atomic E-state index is 11.6. The van der Waals surface area contributed by atoms with Crippen molar-refractivity contribution in [2.24, 2.45) is 0 Å². The molecule has 1 aromatic heterocycles. The smallest absolute Gasteiger partial charge is 0.358 e. The number of aromatic nitrogens is 1. The zero-order chi connectivity index (χ0) is 12.4. The first-order chi connectivity index (χ1) is 8.11. The van der Waals surface area contributed by atoms with Crippen LogP contribution >= 0.6 is 22.9 Å². The van der Waals surface area contributed by atoms with Gasteiger partial charge in [-0.3, -0.25) is 0 Å². The summed E-state index contributed by atoms with van der Waals surface area (Å²) in [6.07, 6.45) is 0. The van der Waals surface area contributed by atoms with Crippen LogP contribution in [0.25, 0.3) is 10.4 Å². The molecule has 1 aromatic carbocycles. The monoisotopic (exact) mass is 267 g/mol. The Labute approximate surface area is 108 Å². The van der Waals surface area contributed by atoms with Crippen molar-refractivity contribution >= 4 is 28.9 Å². The van der Waals surface area contributed by atoms with Gasteiger partial charge in [0, 0.05) is 5.02 Å². The number of methoxy groups -OCH3 is 1. The zero-order valence-corrected chi connectivity index (χ0v) is 10.9. The minimum atomic E-state index is -0.427. The molecule has 0 fully saturated rings. The number of benzene rings is 1. The van der Waals surface area contributed by atoms with E-state index in [1.807, 2.05) is 19.1 Å². The highest BCUT2D eigenvalue weighted by atomic mass is 35.5. The quantitative estimate of drug-likeness (QED) is 0.781. The van der Waals surface area contributed by atoms with E-state index in [1.165, 1.54) is 18.4 Å². The van der Waals surface area contributed by atoms with Crippen molar-refractivity contribution in [1.29, 1.82) is 0 Å². The van der Waals surface area contributed by atoms with Crippen LogP contribution in [0.15, 0.2) is 24.3 Å². The first kappa shape index (κ1) is 12.1. The van der Waals surface area contributed by atoms with E-state index < -0.39 is 5.97 Å². The number of halogens is 1. The minimum absolute atomic E-state index is 0.345. The Hall–Kier alpha value is -1.39. The molecule has 17 heavy (non-hydrogen) atoms. The summed E-state index contributed by atoms with van der Waals surface area (Å²) in [5.74, 6) is -0.427. The Bertz CT molecular complexity index is 565. The predicted octanol–water partition coefficient (Wildman–Crippen LogP) is 3.56. The van der Waals surface area contributed by atoms with E-state index in [0.717, 1.165) is 15.4 Å². The molecular weight excluding hydrogens is 258 g/mol. The Morgan fingerprint density at radius 3 is 2.88 bits per heavy atom. The number of carbonyl (C=O) groups excluding carboxylic acids is 1. The van der Waals surface area contributed by atoms with Crippen LogP contribution in [0.2, 0.25) is 5.02 Å². The Morgan fingerprint density at radius 2 is 2.24 bits per heavy atom. The van der Waals surface area contributed by atoms with Crippen molar-refractivity contribution in [3.63, 3.8) is 0 Å². The Balaban J connectivity index is 2.55. The summed E-state index contributed by atoms with van der Waals surface area (Å²) in [6, 6.07) is 7.33. The summed E-state index contributed by atoms with van der Waals surface area (Å²) in [4.78, 5) is 16.6.